The first kappa shape index (κ1) is 38.3. The SMILES string of the molecule is CC(C)(C)[Si](C)(C)O[C@@H]1CO[C@H]2[C@@H]1OC[C@H]2Oc1c(CCO)c2nc(-c3c(F)cc(N4CCOCC4)cc3F)ccc2n1COCC[Si](C)(C)C. The average molecular weight is 748 g/mol. The van der Waals surface area contributed by atoms with Crippen molar-refractivity contribution in [2.45, 2.75) is 102 Å². The molecule has 0 spiro atoms. The number of benzene rings is 1. The highest BCUT2D eigenvalue weighted by Gasteiger charge is 2.52. The predicted octanol–water partition coefficient (Wildman–Crippen LogP) is 6.60. The molecule has 3 fully saturated rings. The Morgan fingerprint density at radius 3 is 2.24 bits per heavy atom. The van der Waals surface area contributed by atoms with Crippen LogP contribution >= 0.6 is 0 Å². The van der Waals surface area contributed by atoms with Crippen LogP contribution in [0.25, 0.3) is 22.3 Å². The Labute approximate surface area is 302 Å². The van der Waals surface area contributed by atoms with Crippen LogP contribution in [0.15, 0.2) is 24.3 Å². The van der Waals surface area contributed by atoms with Crippen molar-refractivity contribution in [2.75, 3.05) is 57.6 Å². The molecule has 5 heterocycles. The lowest BCUT2D eigenvalue weighted by Gasteiger charge is -2.39. The van der Waals surface area contributed by atoms with Crippen molar-refractivity contribution < 1.29 is 42.0 Å². The summed E-state index contributed by atoms with van der Waals surface area (Å²) in [6.07, 6.45) is -1.05. The van der Waals surface area contributed by atoms with E-state index in [1.165, 1.54) is 12.1 Å². The van der Waals surface area contributed by atoms with E-state index in [0.717, 1.165) is 6.04 Å². The van der Waals surface area contributed by atoms with Crippen LogP contribution in [0.2, 0.25) is 43.8 Å². The minimum atomic E-state index is -2.08. The van der Waals surface area contributed by atoms with Gasteiger partial charge in [-0.2, -0.15) is 0 Å². The Morgan fingerprint density at radius 1 is 0.961 bits per heavy atom. The second-order valence-electron chi connectivity index (χ2n) is 16.7. The van der Waals surface area contributed by atoms with Gasteiger partial charge in [-0.25, -0.2) is 13.8 Å². The Kier molecular flexibility index (Phi) is 11.4. The number of morpholine rings is 1. The molecule has 0 aliphatic carbocycles. The summed E-state index contributed by atoms with van der Waals surface area (Å²) in [5.74, 6) is -0.911. The molecule has 0 unspecified atom stereocenters. The lowest BCUT2D eigenvalue weighted by atomic mass is 10.1. The summed E-state index contributed by atoms with van der Waals surface area (Å²) in [4.78, 5) is 6.75. The number of rotatable bonds is 13. The molecule has 3 aromatic rings. The Morgan fingerprint density at radius 2 is 1.61 bits per heavy atom. The van der Waals surface area contributed by atoms with Crippen LogP contribution in [-0.4, -0.2) is 108 Å². The quantitative estimate of drug-likeness (QED) is 0.153. The summed E-state index contributed by atoms with van der Waals surface area (Å²) in [7, 11) is -3.43. The average Bonchev–Trinajstić information content (AvgIpc) is 3.72. The van der Waals surface area contributed by atoms with E-state index in [9.17, 15) is 5.11 Å². The first-order valence-electron chi connectivity index (χ1n) is 18.2. The molecular weight excluding hydrogens is 693 g/mol. The smallest absolute Gasteiger partial charge is 0.201 e. The van der Waals surface area contributed by atoms with Crippen LogP contribution in [0, 0.1) is 11.6 Å². The van der Waals surface area contributed by atoms with Crippen molar-refractivity contribution in [3.05, 3.63) is 41.5 Å². The largest absolute Gasteiger partial charge is 0.470 e. The van der Waals surface area contributed by atoms with Gasteiger partial charge in [0.15, 0.2) is 14.4 Å². The Bertz CT molecular complexity index is 1660. The number of fused-ring (bicyclic) bond motifs is 2. The van der Waals surface area contributed by atoms with E-state index >= 15 is 8.78 Å². The number of halogens is 2. The van der Waals surface area contributed by atoms with Gasteiger partial charge in [0.05, 0.1) is 54.8 Å². The van der Waals surface area contributed by atoms with Crippen molar-refractivity contribution in [2.24, 2.45) is 0 Å². The van der Waals surface area contributed by atoms with Crippen LogP contribution in [0.5, 0.6) is 5.88 Å². The van der Waals surface area contributed by atoms with Gasteiger partial charge in [0.1, 0.15) is 30.6 Å². The van der Waals surface area contributed by atoms with Gasteiger partial charge in [0.25, 0.3) is 0 Å². The molecule has 14 heteroatoms. The number of hydrogen-bond acceptors (Lipinski definition) is 9. The molecule has 3 aliphatic rings. The monoisotopic (exact) mass is 747 g/mol. The first-order valence-corrected chi connectivity index (χ1v) is 24.8. The third-order valence-corrected chi connectivity index (χ3v) is 16.9. The second-order valence-corrected chi connectivity index (χ2v) is 27.0. The first-order chi connectivity index (χ1) is 24.1. The highest BCUT2D eigenvalue weighted by atomic mass is 28.4. The number of anilines is 1. The fourth-order valence-electron chi connectivity index (χ4n) is 6.68. The molecule has 0 amide bonds. The maximum absolute atomic E-state index is 15.7. The predicted molar refractivity (Wildman–Crippen MR) is 199 cm³/mol. The number of aliphatic hydroxyl groups excluding tert-OH is 1. The van der Waals surface area contributed by atoms with Gasteiger partial charge in [0, 0.05) is 52.0 Å². The van der Waals surface area contributed by atoms with Gasteiger partial charge in [-0.1, -0.05) is 40.4 Å². The number of nitrogens with zero attached hydrogens (tertiary/aromatic N) is 3. The van der Waals surface area contributed by atoms with Crippen molar-refractivity contribution in [1.82, 2.24) is 9.55 Å². The van der Waals surface area contributed by atoms with E-state index in [-0.39, 0.29) is 54.4 Å². The van der Waals surface area contributed by atoms with E-state index in [2.05, 4.69) is 53.5 Å². The van der Waals surface area contributed by atoms with Gasteiger partial charge in [0.2, 0.25) is 5.88 Å². The van der Waals surface area contributed by atoms with E-state index in [1.807, 2.05) is 9.47 Å². The normalized spacial score (nSPS) is 23.0. The highest BCUT2D eigenvalue weighted by molar-refractivity contribution is 6.76. The zero-order valence-corrected chi connectivity index (χ0v) is 33.4. The topological polar surface area (TPSA) is 96.7 Å². The number of aromatic nitrogens is 2. The fraction of sp³-hybridized carbons (Fsp3) is 0.649. The molecule has 0 bridgehead atoms. The minimum Gasteiger partial charge on any atom is -0.470 e. The molecule has 6 rings (SSSR count). The fourth-order valence-corrected chi connectivity index (χ4v) is 8.75. The number of ether oxygens (including phenoxy) is 5. The van der Waals surface area contributed by atoms with Gasteiger partial charge in [-0.15, -0.1) is 0 Å². The molecule has 0 saturated carbocycles. The van der Waals surface area contributed by atoms with E-state index < -0.39 is 34.1 Å². The molecule has 4 atom stereocenters. The van der Waals surface area contributed by atoms with Crippen molar-refractivity contribution in [3.63, 3.8) is 0 Å². The number of aliphatic hydroxyl groups is 1. The van der Waals surface area contributed by atoms with Gasteiger partial charge < -0.3 is 38.1 Å². The molecular formula is C37H55F2N3O7Si2. The van der Waals surface area contributed by atoms with Gasteiger partial charge in [-0.05, 0) is 48.4 Å². The summed E-state index contributed by atoms with van der Waals surface area (Å²) in [5, 5.41) is 10.3. The summed E-state index contributed by atoms with van der Waals surface area (Å²) < 4.78 is 71.1. The summed E-state index contributed by atoms with van der Waals surface area (Å²) >= 11 is 0. The number of pyridine rings is 1. The van der Waals surface area contributed by atoms with Crippen molar-refractivity contribution in [1.29, 1.82) is 0 Å². The molecule has 282 valence electrons. The molecule has 1 N–H and O–H groups in total. The standard InChI is InChI=1S/C37H55F2N3O7Si2/c1-37(2,3)51(7,8)49-31-22-47-34-30(21-46-35(31)34)48-36-25(11-14-43)33-29(42(36)23-45-17-18-50(4,5)6)10-9-28(40-33)32-26(38)19-24(20-27(32)39)41-12-15-44-16-13-41/h9-10,19-20,30-31,34-35,43H,11-18,21-23H2,1-8H3/t30-,31-,34-,35-/m1/s1. The third-order valence-electron chi connectivity index (χ3n) is 10.7. The van der Waals surface area contributed by atoms with Crippen LogP contribution in [0.3, 0.4) is 0 Å². The van der Waals surface area contributed by atoms with Gasteiger partial charge >= 0.3 is 0 Å². The molecule has 51 heavy (non-hydrogen) atoms. The minimum absolute atomic E-state index is 0.0394. The highest BCUT2D eigenvalue weighted by Crippen LogP contribution is 2.42. The summed E-state index contributed by atoms with van der Waals surface area (Å²) in [6, 6.07) is 7.12. The van der Waals surface area contributed by atoms with Crippen LogP contribution in [0.4, 0.5) is 14.5 Å². The van der Waals surface area contributed by atoms with E-state index in [0.29, 0.717) is 74.3 Å². The van der Waals surface area contributed by atoms with Crippen molar-refractivity contribution >= 4 is 33.1 Å². The van der Waals surface area contributed by atoms with Crippen LogP contribution in [0.1, 0.15) is 26.3 Å². The zero-order valence-electron chi connectivity index (χ0n) is 31.4. The molecule has 3 aliphatic heterocycles. The third kappa shape index (κ3) is 8.23. The molecule has 3 saturated heterocycles. The zero-order chi connectivity index (χ0) is 36.7. The lowest BCUT2D eigenvalue weighted by Crippen LogP contribution is -2.47. The number of hydrogen-bond donors (Lipinski definition) is 1. The molecule has 1 aromatic carbocycles. The summed E-state index contributed by atoms with van der Waals surface area (Å²) in [5.41, 5.74) is 2.22. The van der Waals surface area contributed by atoms with Crippen LogP contribution in [-0.2, 0) is 36.5 Å². The van der Waals surface area contributed by atoms with E-state index in [1.54, 1.807) is 12.1 Å². The maximum Gasteiger partial charge on any atom is 0.201 e. The van der Waals surface area contributed by atoms with Crippen LogP contribution < -0.4 is 9.64 Å². The van der Waals surface area contributed by atoms with E-state index in [4.69, 9.17) is 33.1 Å². The molecule has 0 radical (unpaired) electrons. The van der Waals surface area contributed by atoms with Crippen molar-refractivity contribution in [3.8, 4) is 17.1 Å². The molecule has 2 aromatic heterocycles. The Balaban J connectivity index is 1.34. The second kappa shape index (κ2) is 15.1. The molecule has 10 nitrogen and oxygen atoms in total. The lowest BCUT2D eigenvalue weighted by molar-refractivity contribution is 0.00820. The summed E-state index contributed by atoms with van der Waals surface area (Å²) in [6.45, 7) is 21.4. The van der Waals surface area contributed by atoms with Gasteiger partial charge in [-0.3, -0.25) is 4.57 Å². The Hall–Kier alpha value is -2.44. The maximum atomic E-state index is 15.7.